The molecular formula is C22H34N2O. The summed E-state index contributed by atoms with van der Waals surface area (Å²) in [4.78, 5) is 2.55. The number of nitrogens with zero attached hydrogens (tertiary/aromatic N) is 1. The summed E-state index contributed by atoms with van der Waals surface area (Å²) >= 11 is 0. The zero-order chi connectivity index (χ0) is 17.4. The Kier molecular flexibility index (Phi) is 4.81. The highest BCUT2D eigenvalue weighted by Crippen LogP contribution is 2.45. The van der Waals surface area contributed by atoms with Gasteiger partial charge in [-0.1, -0.05) is 45.1 Å². The molecule has 0 aromatic heterocycles. The fourth-order valence-corrected chi connectivity index (χ4v) is 5.76. The summed E-state index contributed by atoms with van der Waals surface area (Å²) in [6, 6.07) is 7.10. The van der Waals surface area contributed by atoms with Crippen LogP contribution in [-0.2, 0) is 11.8 Å². The van der Waals surface area contributed by atoms with Crippen molar-refractivity contribution in [2.45, 2.75) is 75.8 Å². The van der Waals surface area contributed by atoms with E-state index in [0.29, 0.717) is 17.8 Å². The quantitative estimate of drug-likeness (QED) is 0.873. The third-order valence-corrected chi connectivity index (χ3v) is 7.40. The average molecular weight is 343 g/mol. The first-order valence-corrected chi connectivity index (χ1v) is 10.3. The number of aromatic hydroxyl groups is 1. The van der Waals surface area contributed by atoms with Gasteiger partial charge in [0.2, 0.25) is 0 Å². The van der Waals surface area contributed by atoms with Gasteiger partial charge in [0, 0.05) is 17.5 Å². The van der Waals surface area contributed by atoms with E-state index in [4.69, 9.17) is 0 Å². The van der Waals surface area contributed by atoms with Gasteiger partial charge in [-0.3, -0.25) is 0 Å². The van der Waals surface area contributed by atoms with E-state index in [1.807, 2.05) is 12.1 Å². The van der Waals surface area contributed by atoms with Gasteiger partial charge in [0.05, 0.1) is 0 Å². The van der Waals surface area contributed by atoms with Gasteiger partial charge < -0.3 is 15.3 Å². The molecule has 4 rings (SSSR count). The van der Waals surface area contributed by atoms with Crippen molar-refractivity contribution in [1.82, 2.24) is 10.2 Å². The van der Waals surface area contributed by atoms with Crippen molar-refractivity contribution >= 4 is 0 Å². The second-order valence-electron chi connectivity index (χ2n) is 8.99. The third kappa shape index (κ3) is 3.21. The zero-order valence-electron chi connectivity index (χ0n) is 15.9. The van der Waals surface area contributed by atoms with E-state index in [0.717, 1.165) is 31.8 Å². The molecule has 1 saturated carbocycles. The Morgan fingerprint density at radius 2 is 2.04 bits per heavy atom. The molecule has 0 amide bonds. The highest BCUT2D eigenvalue weighted by Gasteiger charge is 2.49. The van der Waals surface area contributed by atoms with E-state index >= 15 is 0 Å². The number of likely N-dealkylation sites (N-methyl/N-ethyl adjacent to an activating group) is 1. The highest BCUT2D eigenvalue weighted by atomic mass is 16.3. The summed E-state index contributed by atoms with van der Waals surface area (Å²) in [5.41, 5.74) is 2.95. The summed E-state index contributed by atoms with van der Waals surface area (Å²) in [7, 11) is 2.28. The van der Waals surface area contributed by atoms with Crippen LogP contribution in [0.25, 0.3) is 0 Å². The molecule has 25 heavy (non-hydrogen) atoms. The second kappa shape index (κ2) is 6.92. The number of likely N-dealkylation sites (tertiary alicyclic amines) is 1. The van der Waals surface area contributed by atoms with Gasteiger partial charge in [-0.05, 0) is 68.6 Å². The summed E-state index contributed by atoms with van der Waals surface area (Å²) in [6.07, 6.45) is 10.8. The number of piperidine rings is 1. The van der Waals surface area contributed by atoms with E-state index in [1.54, 1.807) is 0 Å². The fraction of sp³-hybridized carbons (Fsp3) is 0.727. The molecule has 0 spiro atoms. The molecule has 3 unspecified atom stereocenters. The topological polar surface area (TPSA) is 35.5 Å². The SMILES string of the molecule is CN1CCC2(C)c3cc(O)ccc3CC1C2NCCC1CCCCC1. The number of rotatable bonds is 4. The van der Waals surface area contributed by atoms with Gasteiger partial charge in [0.15, 0.2) is 0 Å². The van der Waals surface area contributed by atoms with Crippen molar-refractivity contribution in [3.05, 3.63) is 29.3 Å². The molecule has 1 aromatic carbocycles. The minimum atomic E-state index is 0.135. The van der Waals surface area contributed by atoms with E-state index < -0.39 is 0 Å². The Morgan fingerprint density at radius 1 is 1.24 bits per heavy atom. The van der Waals surface area contributed by atoms with Crippen LogP contribution in [0.1, 0.15) is 63.0 Å². The molecule has 3 aliphatic rings. The predicted molar refractivity (Wildman–Crippen MR) is 103 cm³/mol. The van der Waals surface area contributed by atoms with E-state index in [-0.39, 0.29) is 5.41 Å². The summed E-state index contributed by atoms with van der Waals surface area (Å²) in [5, 5.41) is 14.0. The standard InChI is InChI=1S/C22H34N2O/c1-22-11-13-24(2)20(14-17-8-9-18(25)15-19(17)22)21(22)23-12-10-16-6-4-3-5-7-16/h8-9,15-16,20-21,23,25H,3-7,10-14H2,1-2H3. The van der Waals surface area contributed by atoms with Crippen LogP contribution in [0.4, 0.5) is 0 Å². The lowest BCUT2D eigenvalue weighted by Crippen LogP contribution is -2.66. The van der Waals surface area contributed by atoms with Crippen molar-refractivity contribution in [1.29, 1.82) is 0 Å². The Labute approximate surface area is 152 Å². The molecule has 3 heteroatoms. The number of nitrogens with one attached hydrogen (secondary N) is 1. The van der Waals surface area contributed by atoms with Crippen molar-refractivity contribution in [2.75, 3.05) is 20.1 Å². The number of hydrogen-bond donors (Lipinski definition) is 2. The van der Waals surface area contributed by atoms with Crippen molar-refractivity contribution < 1.29 is 5.11 Å². The molecule has 1 aliphatic heterocycles. The molecule has 1 heterocycles. The Balaban J connectivity index is 1.52. The Bertz CT molecular complexity index is 610. The van der Waals surface area contributed by atoms with Crippen LogP contribution < -0.4 is 5.32 Å². The number of phenolic OH excluding ortho intramolecular Hbond substituents is 1. The molecule has 1 saturated heterocycles. The normalized spacial score (nSPS) is 33.2. The molecule has 2 N–H and O–H groups in total. The zero-order valence-corrected chi connectivity index (χ0v) is 15.9. The molecule has 2 aliphatic carbocycles. The molecule has 3 atom stereocenters. The van der Waals surface area contributed by atoms with Crippen LogP contribution in [-0.4, -0.2) is 42.2 Å². The lowest BCUT2D eigenvalue weighted by Gasteiger charge is -2.55. The minimum Gasteiger partial charge on any atom is -0.508 e. The molecule has 1 aromatic rings. The molecule has 0 radical (unpaired) electrons. The van der Waals surface area contributed by atoms with Crippen LogP contribution in [0, 0.1) is 5.92 Å². The predicted octanol–water partition coefficient (Wildman–Crippen LogP) is 3.84. The number of hydrogen-bond acceptors (Lipinski definition) is 3. The minimum absolute atomic E-state index is 0.135. The first-order chi connectivity index (χ1) is 12.1. The van der Waals surface area contributed by atoms with E-state index in [2.05, 4.69) is 30.3 Å². The summed E-state index contributed by atoms with van der Waals surface area (Å²) < 4.78 is 0. The van der Waals surface area contributed by atoms with Gasteiger partial charge >= 0.3 is 0 Å². The lowest BCUT2D eigenvalue weighted by atomic mass is 9.61. The van der Waals surface area contributed by atoms with Crippen LogP contribution >= 0.6 is 0 Å². The van der Waals surface area contributed by atoms with Gasteiger partial charge in [-0.15, -0.1) is 0 Å². The van der Waals surface area contributed by atoms with Crippen molar-refractivity contribution in [3.63, 3.8) is 0 Å². The second-order valence-corrected chi connectivity index (χ2v) is 8.99. The summed E-state index contributed by atoms with van der Waals surface area (Å²) in [6.45, 7) is 4.71. The fourth-order valence-electron chi connectivity index (χ4n) is 5.76. The van der Waals surface area contributed by atoms with Crippen molar-refractivity contribution in [3.8, 4) is 5.75 Å². The molecule has 138 valence electrons. The van der Waals surface area contributed by atoms with Gasteiger partial charge in [-0.2, -0.15) is 0 Å². The molecular weight excluding hydrogens is 308 g/mol. The first-order valence-electron chi connectivity index (χ1n) is 10.3. The van der Waals surface area contributed by atoms with E-state index in [1.165, 1.54) is 49.7 Å². The largest absolute Gasteiger partial charge is 0.508 e. The van der Waals surface area contributed by atoms with Crippen LogP contribution in [0.2, 0.25) is 0 Å². The van der Waals surface area contributed by atoms with Crippen molar-refractivity contribution in [2.24, 2.45) is 5.92 Å². The van der Waals surface area contributed by atoms with Crippen LogP contribution in [0.3, 0.4) is 0 Å². The van der Waals surface area contributed by atoms with Crippen LogP contribution in [0.5, 0.6) is 5.75 Å². The smallest absolute Gasteiger partial charge is 0.115 e. The lowest BCUT2D eigenvalue weighted by molar-refractivity contribution is 0.0649. The average Bonchev–Trinajstić information content (AvgIpc) is 2.62. The van der Waals surface area contributed by atoms with Gasteiger partial charge in [-0.25, -0.2) is 0 Å². The summed E-state index contributed by atoms with van der Waals surface area (Å²) in [5.74, 6) is 1.35. The Morgan fingerprint density at radius 3 is 2.84 bits per heavy atom. The molecule has 2 fully saturated rings. The maximum absolute atomic E-state index is 10.1. The molecule has 2 bridgehead atoms. The number of fused-ring (bicyclic) bond motifs is 4. The number of phenols is 1. The number of benzene rings is 1. The Hall–Kier alpha value is -1.06. The van der Waals surface area contributed by atoms with Gasteiger partial charge in [0.1, 0.15) is 5.75 Å². The van der Waals surface area contributed by atoms with Gasteiger partial charge in [0.25, 0.3) is 0 Å². The molecule has 3 nitrogen and oxygen atoms in total. The van der Waals surface area contributed by atoms with Crippen LogP contribution in [0.15, 0.2) is 18.2 Å². The first kappa shape index (κ1) is 17.4. The maximum atomic E-state index is 10.1. The highest BCUT2D eigenvalue weighted by molar-refractivity contribution is 5.45. The maximum Gasteiger partial charge on any atom is 0.115 e. The monoisotopic (exact) mass is 342 g/mol. The third-order valence-electron chi connectivity index (χ3n) is 7.40. The van der Waals surface area contributed by atoms with E-state index in [9.17, 15) is 5.11 Å².